The summed E-state index contributed by atoms with van der Waals surface area (Å²) in [7, 11) is 0. The van der Waals surface area contributed by atoms with Crippen molar-refractivity contribution in [2.24, 2.45) is 0 Å². The molecule has 0 bridgehead atoms. The van der Waals surface area contributed by atoms with Crippen molar-refractivity contribution >= 4 is 6.08 Å². The molecule has 2 aliphatic rings. The topological polar surface area (TPSA) is 12.0 Å². The van der Waals surface area contributed by atoms with Crippen LogP contribution in [0, 0.1) is 0 Å². The molecule has 0 amide bonds. The molecule has 1 aliphatic carbocycles. The molecule has 0 atom stereocenters. The summed E-state index contributed by atoms with van der Waals surface area (Å²) in [6.07, 6.45) is 4.89. The average molecular weight is 199 g/mol. The van der Waals surface area contributed by atoms with Crippen LogP contribution >= 0.6 is 0 Å². The van der Waals surface area contributed by atoms with Crippen molar-refractivity contribution in [3.05, 3.63) is 41.0 Å². The van der Waals surface area contributed by atoms with E-state index in [1.807, 2.05) is 0 Å². The van der Waals surface area contributed by atoms with Crippen LogP contribution in [-0.2, 0) is 5.41 Å². The van der Waals surface area contributed by atoms with E-state index < -0.39 is 0 Å². The Balaban J connectivity index is 2.13. The molecule has 1 N–H and O–H groups in total. The molecular formula is C14H17N. The summed E-state index contributed by atoms with van der Waals surface area (Å²) in [5, 5.41) is 3.46. The maximum atomic E-state index is 3.46. The van der Waals surface area contributed by atoms with Crippen LogP contribution in [-0.4, -0.2) is 13.1 Å². The minimum absolute atomic E-state index is 0.363. The lowest BCUT2D eigenvalue weighted by molar-refractivity contribution is 0.361. The van der Waals surface area contributed by atoms with Crippen molar-refractivity contribution in [2.75, 3.05) is 13.1 Å². The van der Waals surface area contributed by atoms with E-state index in [0.29, 0.717) is 5.41 Å². The molecule has 1 heterocycles. The Morgan fingerprint density at radius 3 is 2.67 bits per heavy atom. The van der Waals surface area contributed by atoms with Crippen LogP contribution in [0.3, 0.4) is 0 Å². The van der Waals surface area contributed by atoms with Crippen molar-refractivity contribution in [1.82, 2.24) is 5.32 Å². The summed E-state index contributed by atoms with van der Waals surface area (Å²) in [5.74, 6) is 0. The number of hydrogen-bond acceptors (Lipinski definition) is 1. The monoisotopic (exact) mass is 199 g/mol. The summed E-state index contributed by atoms with van der Waals surface area (Å²) < 4.78 is 0. The van der Waals surface area contributed by atoms with Crippen molar-refractivity contribution in [3.63, 3.8) is 0 Å². The molecule has 0 saturated carbocycles. The number of rotatable bonds is 0. The minimum atomic E-state index is 0.363. The van der Waals surface area contributed by atoms with E-state index in [9.17, 15) is 0 Å². The largest absolute Gasteiger partial charge is 0.317 e. The molecule has 1 nitrogen and oxygen atoms in total. The van der Waals surface area contributed by atoms with Crippen LogP contribution in [0.25, 0.3) is 6.08 Å². The lowest BCUT2D eigenvalue weighted by Crippen LogP contribution is -2.39. The SMILES string of the molecule is CC1=Cc2ccccc2C12CCNCC2. The molecule has 1 saturated heterocycles. The third-order valence-corrected chi connectivity index (χ3v) is 4.06. The van der Waals surface area contributed by atoms with Gasteiger partial charge in [-0.1, -0.05) is 35.9 Å². The number of allylic oxidation sites excluding steroid dienone is 1. The summed E-state index contributed by atoms with van der Waals surface area (Å²) in [5.41, 5.74) is 4.92. The third kappa shape index (κ3) is 1.19. The Hall–Kier alpha value is -1.08. The number of fused-ring (bicyclic) bond motifs is 2. The van der Waals surface area contributed by atoms with Crippen LogP contribution in [0.4, 0.5) is 0 Å². The highest BCUT2D eigenvalue weighted by Gasteiger charge is 2.39. The van der Waals surface area contributed by atoms with Gasteiger partial charge in [-0.25, -0.2) is 0 Å². The maximum Gasteiger partial charge on any atom is 0.0192 e. The van der Waals surface area contributed by atoms with Crippen LogP contribution in [0.5, 0.6) is 0 Å². The normalized spacial score (nSPS) is 22.6. The smallest absolute Gasteiger partial charge is 0.0192 e. The Labute approximate surface area is 91.2 Å². The molecule has 1 spiro atoms. The molecule has 1 aliphatic heterocycles. The summed E-state index contributed by atoms with van der Waals surface area (Å²) >= 11 is 0. The average Bonchev–Trinajstić information content (AvgIpc) is 2.55. The molecule has 3 rings (SSSR count). The zero-order valence-corrected chi connectivity index (χ0v) is 9.22. The first kappa shape index (κ1) is 9.17. The van der Waals surface area contributed by atoms with E-state index in [0.717, 1.165) is 13.1 Å². The van der Waals surface area contributed by atoms with Gasteiger partial charge in [-0.15, -0.1) is 0 Å². The molecule has 1 heteroatoms. The van der Waals surface area contributed by atoms with Crippen molar-refractivity contribution in [2.45, 2.75) is 25.2 Å². The predicted octanol–water partition coefficient (Wildman–Crippen LogP) is 2.72. The standard InChI is InChI=1S/C14H17N/c1-11-10-12-4-2-3-5-13(12)14(11)6-8-15-9-7-14/h2-5,10,15H,6-9H2,1H3. The molecule has 1 aromatic carbocycles. The Kier molecular flexibility index (Phi) is 1.96. The van der Waals surface area contributed by atoms with Crippen LogP contribution in [0.2, 0.25) is 0 Å². The van der Waals surface area contributed by atoms with Gasteiger partial charge in [0.1, 0.15) is 0 Å². The van der Waals surface area contributed by atoms with Crippen LogP contribution < -0.4 is 5.32 Å². The molecule has 1 fully saturated rings. The Morgan fingerprint density at radius 1 is 1.13 bits per heavy atom. The number of piperidine rings is 1. The van der Waals surface area contributed by atoms with Gasteiger partial charge in [-0.2, -0.15) is 0 Å². The molecule has 0 aromatic heterocycles. The predicted molar refractivity (Wildman–Crippen MR) is 63.9 cm³/mol. The van der Waals surface area contributed by atoms with Gasteiger partial charge in [0.2, 0.25) is 0 Å². The van der Waals surface area contributed by atoms with E-state index in [2.05, 4.69) is 42.6 Å². The van der Waals surface area contributed by atoms with E-state index in [1.165, 1.54) is 18.4 Å². The first-order valence-electron chi connectivity index (χ1n) is 5.82. The number of nitrogens with one attached hydrogen (secondary N) is 1. The summed E-state index contributed by atoms with van der Waals surface area (Å²) in [6.45, 7) is 4.60. The number of hydrogen-bond donors (Lipinski definition) is 1. The summed E-state index contributed by atoms with van der Waals surface area (Å²) in [6, 6.07) is 8.88. The maximum absolute atomic E-state index is 3.46. The number of benzene rings is 1. The van der Waals surface area contributed by atoms with Gasteiger partial charge in [0.25, 0.3) is 0 Å². The van der Waals surface area contributed by atoms with Crippen molar-refractivity contribution in [1.29, 1.82) is 0 Å². The highest BCUT2D eigenvalue weighted by Crippen LogP contribution is 2.47. The van der Waals surface area contributed by atoms with Gasteiger partial charge in [-0.05, 0) is 44.0 Å². The molecule has 15 heavy (non-hydrogen) atoms. The molecule has 0 unspecified atom stereocenters. The zero-order valence-electron chi connectivity index (χ0n) is 9.22. The second-order valence-corrected chi connectivity index (χ2v) is 4.75. The molecule has 1 aromatic rings. The third-order valence-electron chi connectivity index (χ3n) is 4.06. The Bertz CT molecular complexity index is 411. The van der Waals surface area contributed by atoms with Crippen LogP contribution in [0.15, 0.2) is 29.8 Å². The fraction of sp³-hybridized carbons (Fsp3) is 0.429. The first-order chi connectivity index (χ1) is 7.33. The fourth-order valence-electron chi connectivity index (χ4n) is 3.16. The minimum Gasteiger partial charge on any atom is -0.317 e. The van der Waals surface area contributed by atoms with E-state index in [4.69, 9.17) is 0 Å². The van der Waals surface area contributed by atoms with Gasteiger partial charge in [0.15, 0.2) is 0 Å². The van der Waals surface area contributed by atoms with E-state index in [-0.39, 0.29) is 0 Å². The van der Waals surface area contributed by atoms with E-state index >= 15 is 0 Å². The van der Waals surface area contributed by atoms with Gasteiger partial charge in [-0.3, -0.25) is 0 Å². The van der Waals surface area contributed by atoms with Gasteiger partial charge in [0.05, 0.1) is 0 Å². The zero-order chi connectivity index (χ0) is 10.3. The van der Waals surface area contributed by atoms with Gasteiger partial charge < -0.3 is 5.32 Å². The van der Waals surface area contributed by atoms with Crippen molar-refractivity contribution < 1.29 is 0 Å². The molecular weight excluding hydrogens is 182 g/mol. The lowest BCUT2D eigenvalue weighted by atomic mass is 9.71. The molecule has 78 valence electrons. The highest BCUT2D eigenvalue weighted by molar-refractivity contribution is 5.69. The van der Waals surface area contributed by atoms with Crippen LogP contribution in [0.1, 0.15) is 30.9 Å². The van der Waals surface area contributed by atoms with Crippen molar-refractivity contribution in [3.8, 4) is 0 Å². The van der Waals surface area contributed by atoms with E-state index in [1.54, 1.807) is 11.1 Å². The van der Waals surface area contributed by atoms with Gasteiger partial charge >= 0.3 is 0 Å². The fourth-order valence-corrected chi connectivity index (χ4v) is 3.16. The quantitative estimate of drug-likeness (QED) is 0.677. The summed E-state index contributed by atoms with van der Waals surface area (Å²) in [4.78, 5) is 0. The molecule has 0 radical (unpaired) electrons. The second kappa shape index (κ2) is 3.21. The second-order valence-electron chi connectivity index (χ2n) is 4.75. The van der Waals surface area contributed by atoms with Gasteiger partial charge in [0, 0.05) is 5.41 Å². The highest BCUT2D eigenvalue weighted by atomic mass is 14.9. The first-order valence-corrected chi connectivity index (χ1v) is 5.82. The lowest BCUT2D eigenvalue weighted by Gasteiger charge is -2.37. The Morgan fingerprint density at radius 2 is 1.87 bits per heavy atom.